The van der Waals surface area contributed by atoms with E-state index < -0.39 is 22.0 Å². The number of thioether (sulfide) groups is 1. The highest BCUT2D eigenvalue weighted by molar-refractivity contribution is 7.98. The predicted molar refractivity (Wildman–Crippen MR) is 105 cm³/mol. The van der Waals surface area contributed by atoms with Crippen LogP contribution in [-0.2, 0) is 14.8 Å². The second-order valence-electron chi connectivity index (χ2n) is 5.40. The van der Waals surface area contributed by atoms with Crippen LogP contribution in [0.4, 0.5) is 11.4 Å². The van der Waals surface area contributed by atoms with E-state index in [1.807, 2.05) is 24.5 Å². The van der Waals surface area contributed by atoms with Gasteiger partial charge in [-0.25, -0.2) is 8.42 Å². The van der Waals surface area contributed by atoms with Gasteiger partial charge in [0.1, 0.15) is 6.04 Å². The molecule has 0 aliphatic rings. The monoisotopic (exact) mass is 398 g/mol. The molecule has 1 N–H and O–H groups in total. The van der Waals surface area contributed by atoms with Crippen LogP contribution in [0.5, 0.6) is 0 Å². The lowest BCUT2D eigenvalue weighted by Crippen LogP contribution is -2.45. The highest BCUT2D eigenvalue weighted by atomic mass is 35.5. The van der Waals surface area contributed by atoms with Crippen molar-refractivity contribution in [2.24, 2.45) is 0 Å². The van der Waals surface area contributed by atoms with Crippen molar-refractivity contribution in [3.8, 4) is 0 Å². The molecule has 2 aromatic carbocycles. The number of rotatable bonds is 6. The van der Waals surface area contributed by atoms with Gasteiger partial charge in [0, 0.05) is 9.92 Å². The lowest BCUT2D eigenvalue weighted by Gasteiger charge is -2.28. The highest BCUT2D eigenvalue weighted by Gasteiger charge is 2.29. The predicted octanol–water partition coefficient (Wildman–Crippen LogP) is 3.86. The molecule has 1 atom stereocenters. The van der Waals surface area contributed by atoms with Gasteiger partial charge in [-0.1, -0.05) is 23.7 Å². The average Bonchev–Trinajstić information content (AvgIpc) is 2.56. The molecular weight excluding hydrogens is 380 g/mol. The van der Waals surface area contributed by atoms with Crippen molar-refractivity contribution in [2.45, 2.75) is 17.9 Å². The van der Waals surface area contributed by atoms with Crippen molar-refractivity contribution in [1.29, 1.82) is 0 Å². The molecule has 0 aliphatic carbocycles. The number of hydrogen-bond donors (Lipinski definition) is 1. The van der Waals surface area contributed by atoms with Crippen LogP contribution in [0.3, 0.4) is 0 Å². The van der Waals surface area contributed by atoms with Crippen LogP contribution < -0.4 is 9.62 Å². The first-order valence-electron chi connectivity index (χ1n) is 7.43. The summed E-state index contributed by atoms with van der Waals surface area (Å²) < 4.78 is 25.6. The SMILES string of the molecule is CSc1ccccc1NC(=O)[C@@H](C)N(c1ccc(Cl)cc1)S(C)(=O)=O. The molecule has 2 aromatic rings. The molecule has 0 aromatic heterocycles. The van der Waals surface area contributed by atoms with Gasteiger partial charge in [0.15, 0.2) is 0 Å². The van der Waals surface area contributed by atoms with Crippen LogP contribution in [0.2, 0.25) is 5.02 Å². The normalized spacial score (nSPS) is 12.5. The molecule has 0 radical (unpaired) electrons. The van der Waals surface area contributed by atoms with Gasteiger partial charge in [-0.2, -0.15) is 0 Å². The van der Waals surface area contributed by atoms with Crippen LogP contribution in [0, 0.1) is 0 Å². The Morgan fingerprint density at radius 3 is 2.32 bits per heavy atom. The van der Waals surface area contributed by atoms with Gasteiger partial charge < -0.3 is 5.32 Å². The molecule has 0 bridgehead atoms. The van der Waals surface area contributed by atoms with Crippen LogP contribution in [0.25, 0.3) is 0 Å². The molecule has 0 aliphatic heterocycles. The zero-order valence-corrected chi connectivity index (χ0v) is 16.5. The third-order valence-corrected chi connectivity index (χ3v) is 5.82. The van der Waals surface area contributed by atoms with E-state index in [2.05, 4.69) is 5.32 Å². The first-order chi connectivity index (χ1) is 11.7. The molecule has 0 spiro atoms. The molecule has 1 amide bonds. The van der Waals surface area contributed by atoms with E-state index in [1.54, 1.807) is 37.3 Å². The minimum Gasteiger partial charge on any atom is -0.323 e. The number of hydrogen-bond acceptors (Lipinski definition) is 4. The highest BCUT2D eigenvalue weighted by Crippen LogP contribution is 2.27. The standard InChI is InChI=1S/C17H19ClN2O3S2/c1-12(17(21)19-15-6-4-5-7-16(15)24-2)20(25(3,22)23)14-10-8-13(18)9-11-14/h4-12H,1-3H3,(H,19,21)/t12-/m1/s1. The van der Waals surface area contributed by atoms with Crippen LogP contribution in [0.1, 0.15) is 6.92 Å². The van der Waals surface area contributed by atoms with Crippen molar-refractivity contribution in [3.63, 3.8) is 0 Å². The zero-order valence-electron chi connectivity index (χ0n) is 14.1. The largest absolute Gasteiger partial charge is 0.323 e. The number of para-hydroxylation sites is 1. The van der Waals surface area contributed by atoms with Crippen molar-refractivity contribution >= 4 is 50.7 Å². The summed E-state index contributed by atoms with van der Waals surface area (Å²) in [5, 5.41) is 3.29. The summed E-state index contributed by atoms with van der Waals surface area (Å²) >= 11 is 7.36. The first kappa shape index (κ1) is 19.6. The Labute approximate surface area is 157 Å². The lowest BCUT2D eigenvalue weighted by molar-refractivity contribution is -0.116. The molecule has 0 heterocycles. The number of carbonyl (C=O) groups excluding carboxylic acids is 1. The summed E-state index contributed by atoms with van der Waals surface area (Å²) in [6, 6.07) is 12.8. The van der Waals surface area contributed by atoms with E-state index in [0.717, 1.165) is 15.5 Å². The molecule has 2 rings (SSSR count). The second kappa shape index (κ2) is 8.12. The van der Waals surface area contributed by atoms with E-state index in [4.69, 9.17) is 11.6 Å². The van der Waals surface area contributed by atoms with Gasteiger partial charge in [0.2, 0.25) is 15.9 Å². The van der Waals surface area contributed by atoms with Crippen LogP contribution >= 0.6 is 23.4 Å². The van der Waals surface area contributed by atoms with Gasteiger partial charge >= 0.3 is 0 Å². The van der Waals surface area contributed by atoms with Crippen molar-refractivity contribution < 1.29 is 13.2 Å². The second-order valence-corrected chi connectivity index (χ2v) is 8.54. The number of amides is 1. The maximum Gasteiger partial charge on any atom is 0.248 e. The average molecular weight is 399 g/mol. The van der Waals surface area contributed by atoms with E-state index in [9.17, 15) is 13.2 Å². The summed E-state index contributed by atoms with van der Waals surface area (Å²) in [4.78, 5) is 13.6. The number of anilines is 2. The Morgan fingerprint density at radius 1 is 1.16 bits per heavy atom. The van der Waals surface area contributed by atoms with E-state index >= 15 is 0 Å². The van der Waals surface area contributed by atoms with Crippen molar-refractivity contribution in [2.75, 3.05) is 22.1 Å². The van der Waals surface area contributed by atoms with Crippen LogP contribution in [-0.4, -0.2) is 32.9 Å². The van der Waals surface area contributed by atoms with Gasteiger partial charge in [-0.05, 0) is 49.6 Å². The molecule has 5 nitrogen and oxygen atoms in total. The van der Waals surface area contributed by atoms with Crippen molar-refractivity contribution in [3.05, 3.63) is 53.6 Å². The molecule has 0 saturated carbocycles. The first-order valence-corrected chi connectivity index (χ1v) is 10.9. The number of halogens is 1. The summed E-state index contributed by atoms with van der Waals surface area (Å²) in [5.74, 6) is -0.415. The number of sulfonamides is 1. The summed E-state index contributed by atoms with van der Waals surface area (Å²) in [7, 11) is -3.66. The van der Waals surface area contributed by atoms with E-state index in [0.29, 0.717) is 16.4 Å². The van der Waals surface area contributed by atoms with Gasteiger partial charge in [0.25, 0.3) is 0 Å². The fraction of sp³-hybridized carbons (Fsp3) is 0.235. The fourth-order valence-electron chi connectivity index (χ4n) is 2.38. The molecule has 0 saturated heterocycles. The molecule has 134 valence electrons. The molecule has 0 unspecified atom stereocenters. The number of carbonyl (C=O) groups is 1. The van der Waals surface area contributed by atoms with E-state index in [1.165, 1.54) is 11.8 Å². The Bertz CT molecular complexity index is 854. The Morgan fingerprint density at radius 2 is 1.76 bits per heavy atom. The minimum absolute atomic E-state index is 0.382. The summed E-state index contributed by atoms with van der Waals surface area (Å²) in [6.45, 7) is 1.55. The smallest absolute Gasteiger partial charge is 0.248 e. The maximum atomic E-state index is 12.7. The minimum atomic E-state index is -3.66. The Balaban J connectivity index is 2.31. The summed E-state index contributed by atoms with van der Waals surface area (Å²) in [6.07, 6.45) is 2.98. The quantitative estimate of drug-likeness (QED) is 0.750. The topological polar surface area (TPSA) is 66.5 Å². The molecule has 0 fully saturated rings. The van der Waals surface area contributed by atoms with Crippen LogP contribution in [0.15, 0.2) is 53.4 Å². The fourth-order valence-corrected chi connectivity index (χ4v) is 4.24. The van der Waals surface area contributed by atoms with Gasteiger partial charge in [0.05, 0.1) is 17.6 Å². The maximum absolute atomic E-state index is 12.7. The van der Waals surface area contributed by atoms with Gasteiger partial charge in [-0.15, -0.1) is 11.8 Å². The third-order valence-electron chi connectivity index (χ3n) is 3.53. The summed E-state index contributed by atoms with van der Waals surface area (Å²) in [5.41, 5.74) is 1.03. The lowest BCUT2D eigenvalue weighted by atomic mass is 10.2. The van der Waals surface area contributed by atoms with E-state index in [-0.39, 0.29) is 0 Å². The van der Waals surface area contributed by atoms with Gasteiger partial charge in [-0.3, -0.25) is 9.10 Å². The number of nitrogens with one attached hydrogen (secondary N) is 1. The third kappa shape index (κ3) is 4.90. The van der Waals surface area contributed by atoms with Crippen molar-refractivity contribution in [1.82, 2.24) is 0 Å². The zero-order chi connectivity index (χ0) is 18.6. The molecule has 8 heteroatoms. The number of nitrogens with zero attached hydrogens (tertiary/aromatic N) is 1. The molecular formula is C17H19ClN2O3S2. The number of benzene rings is 2. The molecule has 25 heavy (non-hydrogen) atoms. The Kier molecular flexibility index (Phi) is 6.37. The Hall–Kier alpha value is -1.70.